The zero-order valence-electron chi connectivity index (χ0n) is 15.7. The molecule has 0 spiro atoms. The van der Waals surface area contributed by atoms with Crippen LogP contribution in [0.2, 0.25) is 0 Å². The molecular weight excluding hydrogens is 330 g/mol. The monoisotopic (exact) mass is 357 g/mol. The van der Waals surface area contributed by atoms with Gasteiger partial charge in [0.2, 0.25) is 17.7 Å². The maximum absolute atomic E-state index is 13.0. The number of hydrogen-bond donors (Lipinski definition) is 1. The van der Waals surface area contributed by atoms with E-state index in [0.717, 1.165) is 11.3 Å². The third-order valence-corrected chi connectivity index (χ3v) is 5.44. The predicted octanol–water partition coefficient (Wildman–Crippen LogP) is 2.22. The first-order chi connectivity index (χ1) is 12.3. The second-order valence-electron chi connectivity index (χ2n) is 7.58. The van der Waals surface area contributed by atoms with E-state index < -0.39 is 5.41 Å². The lowest BCUT2D eigenvalue weighted by Gasteiger charge is -2.36. The minimum Gasteiger partial charge on any atom is -0.339 e. The van der Waals surface area contributed by atoms with Crippen molar-refractivity contribution in [2.45, 2.75) is 39.5 Å². The molecule has 1 aromatic rings. The second-order valence-corrected chi connectivity index (χ2v) is 7.58. The molecule has 1 saturated carbocycles. The summed E-state index contributed by atoms with van der Waals surface area (Å²) in [7, 11) is 0. The molecule has 0 aromatic heterocycles. The van der Waals surface area contributed by atoms with Crippen molar-refractivity contribution in [1.29, 1.82) is 0 Å². The number of benzene rings is 1. The molecule has 6 nitrogen and oxygen atoms in total. The highest BCUT2D eigenvalue weighted by atomic mass is 16.2. The summed E-state index contributed by atoms with van der Waals surface area (Å²) in [4.78, 5) is 40.8. The van der Waals surface area contributed by atoms with Gasteiger partial charge in [0.1, 0.15) is 5.41 Å². The number of anilines is 1. The van der Waals surface area contributed by atoms with Crippen LogP contribution in [-0.2, 0) is 14.4 Å². The fraction of sp³-hybridized carbons (Fsp3) is 0.550. The fourth-order valence-corrected chi connectivity index (χ4v) is 3.55. The molecule has 1 heterocycles. The molecule has 2 fully saturated rings. The van der Waals surface area contributed by atoms with E-state index in [2.05, 4.69) is 19.2 Å². The molecule has 0 unspecified atom stereocenters. The normalized spacial score (nSPS) is 18.6. The summed E-state index contributed by atoms with van der Waals surface area (Å²) in [5, 5.41) is 2.99. The Bertz CT molecular complexity index is 717. The van der Waals surface area contributed by atoms with Crippen LogP contribution >= 0.6 is 0 Å². The van der Waals surface area contributed by atoms with Gasteiger partial charge in [0, 0.05) is 38.8 Å². The average molecular weight is 357 g/mol. The Balaban J connectivity index is 1.68. The third-order valence-electron chi connectivity index (χ3n) is 5.44. The van der Waals surface area contributed by atoms with E-state index in [0.29, 0.717) is 39.0 Å². The molecule has 1 aliphatic heterocycles. The molecule has 1 N–H and O–H groups in total. The van der Waals surface area contributed by atoms with Crippen molar-refractivity contribution in [3.05, 3.63) is 29.8 Å². The number of piperazine rings is 1. The van der Waals surface area contributed by atoms with Crippen LogP contribution in [0.3, 0.4) is 0 Å². The first-order valence-electron chi connectivity index (χ1n) is 9.30. The van der Waals surface area contributed by atoms with Crippen LogP contribution in [-0.4, -0.2) is 53.7 Å². The predicted molar refractivity (Wildman–Crippen MR) is 99.7 cm³/mol. The lowest BCUT2D eigenvalue weighted by molar-refractivity contribution is -0.146. The van der Waals surface area contributed by atoms with Crippen molar-refractivity contribution in [1.82, 2.24) is 9.80 Å². The van der Waals surface area contributed by atoms with Crippen LogP contribution in [0, 0.1) is 5.41 Å². The van der Waals surface area contributed by atoms with Gasteiger partial charge in [-0.25, -0.2) is 0 Å². The smallest absolute Gasteiger partial charge is 0.240 e. The van der Waals surface area contributed by atoms with Gasteiger partial charge in [-0.2, -0.15) is 0 Å². The first-order valence-corrected chi connectivity index (χ1v) is 9.30. The maximum atomic E-state index is 13.0. The Hall–Kier alpha value is -2.37. The van der Waals surface area contributed by atoms with Gasteiger partial charge >= 0.3 is 0 Å². The third kappa shape index (κ3) is 3.45. The number of carbonyl (C=O) groups is 3. The molecule has 0 radical (unpaired) electrons. The van der Waals surface area contributed by atoms with E-state index in [1.165, 1.54) is 0 Å². The Morgan fingerprint density at radius 2 is 1.58 bits per heavy atom. The molecule has 1 aromatic carbocycles. The maximum Gasteiger partial charge on any atom is 0.240 e. The molecule has 140 valence electrons. The number of para-hydroxylation sites is 1. The van der Waals surface area contributed by atoms with E-state index in [4.69, 9.17) is 0 Å². The van der Waals surface area contributed by atoms with E-state index in [-0.39, 0.29) is 23.6 Å². The molecule has 1 aliphatic carbocycles. The number of carbonyl (C=O) groups excluding carboxylic acids is 3. The molecule has 2 aliphatic rings. The largest absolute Gasteiger partial charge is 0.339 e. The van der Waals surface area contributed by atoms with Crippen LogP contribution in [0.1, 0.15) is 45.1 Å². The van der Waals surface area contributed by atoms with Crippen molar-refractivity contribution >= 4 is 23.4 Å². The Morgan fingerprint density at radius 3 is 2.12 bits per heavy atom. The van der Waals surface area contributed by atoms with Crippen molar-refractivity contribution < 1.29 is 14.4 Å². The number of nitrogens with one attached hydrogen (secondary N) is 1. The van der Waals surface area contributed by atoms with Gasteiger partial charge in [0.25, 0.3) is 0 Å². The molecule has 26 heavy (non-hydrogen) atoms. The lowest BCUT2D eigenvalue weighted by Crippen LogP contribution is -2.53. The minimum absolute atomic E-state index is 0.0290. The molecule has 6 heteroatoms. The molecule has 3 rings (SSSR count). The van der Waals surface area contributed by atoms with Crippen LogP contribution in [0.5, 0.6) is 0 Å². The van der Waals surface area contributed by atoms with Crippen molar-refractivity contribution in [3.8, 4) is 0 Å². The number of rotatable bonds is 4. The molecule has 3 amide bonds. The van der Waals surface area contributed by atoms with E-state index >= 15 is 0 Å². The average Bonchev–Trinajstić information content (AvgIpc) is 3.43. The highest BCUT2D eigenvalue weighted by Crippen LogP contribution is 2.48. The summed E-state index contributed by atoms with van der Waals surface area (Å²) < 4.78 is 0. The van der Waals surface area contributed by atoms with E-state index in [9.17, 15) is 14.4 Å². The number of amides is 3. The Kier molecular flexibility index (Phi) is 5.03. The van der Waals surface area contributed by atoms with Gasteiger partial charge in [-0.05, 0) is 30.4 Å². The Labute approximate surface area is 154 Å². The fourth-order valence-electron chi connectivity index (χ4n) is 3.55. The summed E-state index contributed by atoms with van der Waals surface area (Å²) in [6, 6.07) is 7.74. The summed E-state index contributed by atoms with van der Waals surface area (Å²) in [6.07, 6.45) is 1.18. The van der Waals surface area contributed by atoms with Crippen LogP contribution in [0.15, 0.2) is 24.3 Å². The highest BCUT2D eigenvalue weighted by Gasteiger charge is 2.58. The quantitative estimate of drug-likeness (QED) is 0.840. The molecule has 1 saturated heterocycles. The topological polar surface area (TPSA) is 69.7 Å². The molecular formula is C20H27N3O3. The number of hydrogen-bond acceptors (Lipinski definition) is 3. The minimum atomic E-state index is -0.928. The second kappa shape index (κ2) is 7.09. The molecule has 0 bridgehead atoms. The van der Waals surface area contributed by atoms with Crippen LogP contribution < -0.4 is 5.32 Å². The summed E-state index contributed by atoms with van der Waals surface area (Å²) >= 11 is 0. The van der Waals surface area contributed by atoms with E-state index in [1.807, 2.05) is 24.3 Å². The summed E-state index contributed by atoms with van der Waals surface area (Å²) in [5.41, 5.74) is 0.926. The first kappa shape index (κ1) is 18.4. The zero-order chi connectivity index (χ0) is 18.9. The van der Waals surface area contributed by atoms with Crippen molar-refractivity contribution in [2.75, 3.05) is 31.5 Å². The van der Waals surface area contributed by atoms with Gasteiger partial charge in [-0.15, -0.1) is 0 Å². The van der Waals surface area contributed by atoms with Gasteiger partial charge in [-0.1, -0.05) is 32.0 Å². The molecule has 0 atom stereocenters. The van der Waals surface area contributed by atoms with Crippen molar-refractivity contribution in [3.63, 3.8) is 0 Å². The zero-order valence-corrected chi connectivity index (χ0v) is 15.7. The SMILES string of the molecule is CC(=O)N1CCN(C(=O)C2(C(=O)Nc3ccccc3C(C)C)CC2)CC1. The lowest BCUT2D eigenvalue weighted by atomic mass is 9.99. The van der Waals surface area contributed by atoms with Gasteiger partial charge in [0.15, 0.2) is 0 Å². The van der Waals surface area contributed by atoms with Crippen molar-refractivity contribution in [2.24, 2.45) is 5.41 Å². The standard InChI is InChI=1S/C20H27N3O3/c1-14(2)16-6-4-5-7-17(16)21-18(25)20(8-9-20)19(26)23-12-10-22(11-13-23)15(3)24/h4-7,14H,8-13H2,1-3H3,(H,21,25). The Morgan fingerprint density at radius 1 is 1.00 bits per heavy atom. The van der Waals surface area contributed by atoms with Gasteiger partial charge in [-0.3, -0.25) is 14.4 Å². The van der Waals surface area contributed by atoms with Crippen LogP contribution in [0.4, 0.5) is 5.69 Å². The van der Waals surface area contributed by atoms with Crippen LogP contribution in [0.25, 0.3) is 0 Å². The van der Waals surface area contributed by atoms with Gasteiger partial charge in [0.05, 0.1) is 0 Å². The highest BCUT2D eigenvalue weighted by molar-refractivity contribution is 6.13. The van der Waals surface area contributed by atoms with E-state index in [1.54, 1.807) is 16.7 Å². The van der Waals surface area contributed by atoms with Gasteiger partial charge < -0.3 is 15.1 Å². The number of nitrogens with zero attached hydrogens (tertiary/aromatic N) is 2. The summed E-state index contributed by atoms with van der Waals surface area (Å²) in [5.74, 6) is 0.0168. The summed E-state index contributed by atoms with van der Waals surface area (Å²) in [6.45, 7) is 7.77.